The molecule has 0 radical (unpaired) electrons. The molecule has 2 aromatic rings. The van der Waals surface area contributed by atoms with Crippen molar-refractivity contribution in [1.82, 2.24) is 9.47 Å². The first-order chi connectivity index (χ1) is 14.7. The highest BCUT2D eigenvalue weighted by atomic mass is 32.2. The van der Waals surface area contributed by atoms with Gasteiger partial charge in [-0.15, -0.1) is 11.8 Å². The smallest absolute Gasteiger partial charge is 0.308 e. The number of carbonyl (C=O) groups is 1. The second-order valence-corrected chi connectivity index (χ2v) is 11.6. The van der Waals surface area contributed by atoms with Gasteiger partial charge in [-0.2, -0.15) is 0 Å². The first kappa shape index (κ1) is 19.2. The van der Waals surface area contributed by atoms with Gasteiger partial charge >= 0.3 is 4.87 Å². The summed E-state index contributed by atoms with van der Waals surface area (Å²) >= 11 is 3.33. The molecule has 0 spiro atoms. The van der Waals surface area contributed by atoms with Gasteiger partial charge in [0.2, 0.25) is 5.91 Å². The van der Waals surface area contributed by atoms with Crippen LogP contribution in [0.5, 0.6) is 0 Å². The zero-order valence-electron chi connectivity index (χ0n) is 17.2. The number of thiazole rings is 1. The third-order valence-electron chi connectivity index (χ3n) is 7.85. The predicted molar refractivity (Wildman–Crippen MR) is 121 cm³/mol. The van der Waals surface area contributed by atoms with Crippen LogP contribution in [0.25, 0.3) is 0 Å². The molecule has 5 atom stereocenters. The van der Waals surface area contributed by atoms with Crippen molar-refractivity contribution in [3.05, 3.63) is 50.4 Å². The van der Waals surface area contributed by atoms with Crippen LogP contribution in [-0.2, 0) is 11.3 Å². The van der Waals surface area contributed by atoms with Crippen LogP contribution in [0.1, 0.15) is 54.9 Å². The number of nitrogens with zero attached hydrogens (tertiary/aromatic N) is 2. The fourth-order valence-corrected chi connectivity index (χ4v) is 9.65. The summed E-state index contributed by atoms with van der Waals surface area (Å²) in [6.07, 6.45) is 7.39. The van der Waals surface area contributed by atoms with Gasteiger partial charge in [-0.05, 0) is 61.8 Å². The lowest BCUT2D eigenvalue weighted by Crippen LogP contribution is -2.39. The molecule has 2 aliphatic carbocycles. The van der Waals surface area contributed by atoms with Crippen molar-refractivity contribution in [3.8, 4) is 0 Å². The van der Waals surface area contributed by atoms with Crippen molar-refractivity contribution in [3.63, 3.8) is 0 Å². The van der Waals surface area contributed by atoms with Crippen LogP contribution in [0.2, 0.25) is 0 Å². The average Bonchev–Trinajstić information content (AvgIpc) is 3.48. The standard InChI is InChI=1S/C24H28N2O2S2/c27-18(25-11-5-2-6-12-25)14-26-23-22(30-24(26)28)19(15-7-3-1-4-8-15)20-16-9-10-17(13-16)21(20)29-23/h1,3-4,7-8,16-17,19-21H,2,5-6,9-14H2/t16?,17?,19-,20?,21?/m1/s1. The lowest BCUT2D eigenvalue weighted by Gasteiger charge is -2.40. The van der Waals surface area contributed by atoms with Crippen molar-refractivity contribution in [2.75, 3.05) is 13.1 Å². The number of piperidine rings is 1. The van der Waals surface area contributed by atoms with Gasteiger partial charge in [0.25, 0.3) is 0 Å². The maximum atomic E-state index is 13.1. The Labute approximate surface area is 185 Å². The van der Waals surface area contributed by atoms with Crippen molar-refractivity contribution in [2.45, 2.75) is 61.3 Å². The zero-order valence-corrected chi connectivity index (χ0v) is 18.8. The van der Waals surface area contributed by atoms with Crippen molar-refractivity contribution >= 4 is 29.0 Å². The van der Waals surface area contributed by atoms with Gasteiger partial charge < -0.3 is 4.90 Å². The number of carbonyl (C=O) groups excluding carboxylic acids is 1. The van der Waals surface area contributed by atoms with E-state index < -0.39 is 0 Å². The number of aromatic nitrogens is 1. The Bertz CT molecular complexity index is 1010. The molecule has 1 aromatic carbocycles. The van der Waals surface area contributed by atoms with E-state index in [1.54, 1.807) is 0 Å². The van der Waals surface area contributed by atoms with E-state index in [4.69, 9.17) is 0 Å². The molecule has 4 nitrogen and oxygen atoms in total. The van der Waals surface area contributed by atoms with Gasteiger partial charge in [0, 0.05) is 29.1 Å². The maximum absolute atomic E-state index is 13.1. The first-order valence-electron chi connectivity index (χ1n) is 11.4. The number of hydrogen-bond acceptors (Lipinski definition) is 4. The summed E-state index contributed by atoms with van der Waals surface area (Å²) in [6.45, 7) is 1.90. The monoisotopic (exact) mass is 440 g/mol. The lowest BCUT2D eigenvalue weighted by molar-refractivity contribution is -0.132. The highest BCUT2D eigenvalue weighted by Crippen LogP contribution is 2.63. The van der Waals surface area contributed by atoms with Gasteiger partial charge in [-0.25, -0.2) is 0 Å². The summed E-state index contributed by atoms with van der Waals surface area (Å²) in [7, 11) is 0. The third-order valence-corrected chi connectivity index (χ3v) is 10.7. The summed E-state index contributed by atoms with van der Waals surface area (Å²) in [4.78, 5) is 29.3. The second-order valence-electron chi connectivity index (χ2n) is 9.45. The molecule has 4 aliphatic rings. The summed E-state index contributed by atoms with van der Waals surface area (Å²) in [5.74, 6) is 2.61. The van der Waals surface area contributed by atoms with Crippen LogP contribution in [0.4, 0.5) is 0 Å². The zero-order chi connectivity index (χ0) is 20.2. The van der Waals surface area contributed by atoms with E-state index in [0.717, 1.165) is 42.8 Å². The SMILES string of the molecule is O=C(Cn1c2c(sc1=O)[C@H](c1ccccc1)C1C3CCC(C3)C1S2)N1CCCCC1. The first-order valence-corrected chi connectivity index (χ1v) is 13.1. The molecule has 30 heavy (non-hydrogen) atoms. The molecule has 3 fully saturated rings. The Morgan fingerprint density at radius 2 is 1.80 bits per heavy atom. The quantitative estimate of drug-likeness (QED) is 0.702. The summed E-state index contributed by atoms with van der Waals surface area (Å²) in [5.41, 5.74) is 1.34. The molecule has 3 heterocycles. The normalized spacial score (nSPS) is 32.1. The van der Waals surface area contributed by atoms with Gasteiger partial charge in [0.1, 0.15) is 6.54 Å². The van der Waals surface area contributed by atoms with Crippen molar-refractivity contribution < 1.29 is 4.79 Å². The van der Waals surface area contributed by atoms with Gasteiger partial charge in [0.15, 0.2) is 0 Å². The summed E-state index contributed by atoms with van der Waals surface area (Å²) in [5, 5.41) is 1.69. The van der Waals surface area contributed by atoms with Gasteiger partial charge in [-0.1, -0.05) is 41.7 Å². The minimum atomic E-state index is 0.0473. The number of thioether (sulfide) groups is 1. The molecule has 1 saturated heterocycles. The highest BCUT2D eigenvalue weighted by Gasteiger charge is 2.55. The molecule has 0 N–H and O–H groups in total. The fourth-order valence-electron chi connectivity index (χ4n) is 6.50. The molecule has 1 amide bonds. The van der Waals surface area contributed by atoms with Gasteiger partial charge in [0.05, 0.1) is 5.03 Å². The van der Waals surface area contributed by atoms with E-state index in [0.29, 0.717) is 17.1 Å². The molecule has 158 valence electrons. The number of amides is 1. The van der Waals surface area contributed by atoms with E-state index in [2.05, 4.69) is 30.3 Å². The molecule has 2 saturated carbocycles. The third kappa shape index (κ3) is 3.01. The Hall–Kier alpha value is -1.53. The van der Waals surface area contributed by atoms with E-state index >= 15 is 0 Å². The molecule has 4 unspecified atom stereocenters. The lowest BCUT2D eigenvalue weighted by atomic mass is 9.75. The highest BCUT2D eigenvalue weighted by molar-refractivity contribution is 8.00. The largest absolute Gasteiger partial charge is 0.341 e. The van der Waals surface area contributed by atoms with Crippen molar-refractivity contribution in [1.29, 1.82) is 0 Å². The number of fused-ring (bicyclic) bond motifs is 6. The molecule has 6 rings (SSSR count). The molecular formula is C24H28N2O2S2. The van der Waals surface area contributed by atoms with Gasteiger partial charge in [-0.3, -0.25) is 14.2 Å². The number of benzene rings is 1. The molecular weight excluding hydrogens is 412 g/mol. The molecule has 2 aliphatic heterocycles. The Morgan fingerprint density at radius 1 is 1.03 bits per heavy atom. The second kappa shape index (κ2) is 7.56. The maximum Gasteiger partial charge on any atom is 0.308 e. The molecule has 2 bridgehead atoms. The van der Waals surface area contributed by atoms with Crippen LogP contribution in [-0.4, -0.2) is 33.7 Å². The number of rotatable bonds is 3. The Balaban J connectivity index is 1.40. The molecule has 6 heteroatoms. The van der Waals surface area contributed by atoms with E-state index in [-0.39, 0.29) is 17.3 Å². The summed E-state index contributed by atoms with van der Waals surface area (Å²) < 4.78 is 1.82. The van der Waals surface area contributed by atoms with Crippen LogP contribution in [0.3, 0.4) is 0 Å². The van der Waals surface area contributed by atoms with Crippen LogP contribution in [0.15, 0.2) is 40.2 Å². The van der Waals surface area contributed by atoms with E-state index in [1.807, 2.05) is 21.2 Å². The van der Waals surface area contributed by atoms with Crippen molar-refractivity contribution in [2.24, 2.45) is 17.8 Å². The molecule has 1 aromatic heterocycles. The van der Waals surface area contributed by atoms with E-state index in [1.165, 1.54) is 47.5 Å². The number of likely N-dealkylation sites (tertiary alicyclic amines) is 1. The van der Waals surface area contributed by atoms with E-state index in [9.17, 15) is 9.59 Å². The Morgan fingerprint density at radius 3 is 2.60 bits per heavy atom. The average molecular weight is 441 g/mol. The Kier molecular flexibility index (Phi) is 4.83. The van der Waals surface area contributed by atoms with Crippen LogP contribution in [0, 0.1) is 17.8 Å². The minimum absolute atomic E-state index is 0.0473. The number of hydrogen-bond donors (Lipinski definition) is 0. The van der Waals surface area contributed by atoms with Crippen LogP contribution < -0.4 is 4.87 Å². The minimum Gasteiger partial charge on any atom is -0.341 e. The van der Waals surface area contributed by atoms with Crippen LogP contribution >= 0.6 is 23.1 Å². The summed E-state index contributed by atoms with van der Waals surface area (Å²) in [6, 6.07) is 10.8. The fraction of sp³-hybridized carbons (Fsp3) is 0.583. The topological polar surface area (TPSA) is 42.3 Å². The predicted octanol–water partition coefficient (Wildman–Crippen LogP) is 4.57.